The lowest BCUT2D eigenvalue weighted by atomic mass is 9.91. The van der Waals surface area contributed by atoms with E-state index in [0.717, 1.165) is 5.92 Å². The molecule has 1 aromatic rings. The SMILES string of the molecule is Pc1ccc(CC2CCNCC2)cc1. The number of hydrogen-bond acceptors (Lipinski definition) is 1. The fourth-order valence-corrected chi connectivity index (χ4v) is 2.27. The highest BCUT2D eigenvalue weighted by molar-refractivity contribution is 7.27. The first-order chi connectivity index (χ1) is 6.84. The van der Waals surface area contributed by atoms with Crippen LogP contribution in [-0.2, 0) is 6.42 Å². The maximum Gasteiger partial charge on any atom is -0.00462 e. The Labute approximate surface area is 88.5 Å². The summed E-state index contributed by atoms with van der Waals surface area (Å²) in [6.07, 6.45) is 3.93. The molecule has 1 unspecified atom stereocenters. The molecule has 1 aliphatic rings. The predicted molar refractivity (Wildman–Crippen MR) is 65.1 cm³/mol. The molecule has 1 atom stereocenters. The van der Waals surface area contributed by atoms with Crippen molar-refractivity contribution in [3.8, 4) is 0 Å². The Hall–Kier alpha value is -0.390. The number of benzene rings is 1. The lowest BCUT2D eigenvalue weighted by Gasteiger charge is -2.22. The van der Waals surface area contributed by atoms with Gasteiger partial charge in [-0.3, -0.25) is 0 Å². The standard InChI is InChI=1S/C12H18NP/c14-12-3-1-10(2-4-12)9-11-5-7-13-8-6-11/h1-4,11,13H,5-9,14H2. The molecule has 1 saturated heterocycles. The number of hydrogen-bond donors (Lipinski definition) is 1. The molecular formula is C12H18NP. The lowest BCUT2D eigenvalue weighted by Crippen LogP contribution is -2.28. The second kappa shape index (κ2) is 4.91. The summed E-state index contributed by atoms with van der Waals surface area (Å²) < 4.78 is 0. The zero-order chi connectivity index (χ0) is 9.80. The summed E-state index contributed by atoms with van der Waals surface area (Å²) in [6, 6.07) is 8.87. The van der Waals surface area contributed by atoms with E-state index in [1.807, 2.05) is 0 Å². The molecule has 1 aromatic carbocycles. The smallest absolute Gasteiger partial charge is 0.00462 e. The Bertz CT molecular complexity index is 275. The van der Waals surface area contributed by atoms with Crippen LogP contribution in [0.4, 0.5) is 0 Å². The number of nitrogens with one attached hydrogen (secondary N) is 1. The molecule has 0 spiro atoms. The Morgan fingerprint density at radius 1 is 1.14 bits per heavy atom. The molecule has 0 saturated carbocycles. The lowest BCUT2D eigenvalue weighted by molar-refractivity contribution is 0.372. The average molecular weight is 207 g/mol. The fraction of sp³-hybridized carbons (Fsp3) is 0.500. The van der Waals surface area contributed by atoms with Gasteiger partial charge in [-0.15, -0.1) is 9.24 Å². The van der Waals surface area contributed by atoms with Crippen molar-refractivity contribution >= 4 is 14.5 Å². The Morgan fingerprint density at radius 3 is 2.43 bits per heavy atom. The molecule has 1 heterocycles. The van der Waals surface area contributed by atoms with Crippen LogP contribution in [-0.4, -0.2) is 13.1 Å². The Kier molecular flexibility index (Phi) is 3.55. The van der Waals surface area contributed by atoms with Crippen LogP contribution in [0.1, 0.15) is 18.4 Å². The first kappa shape index (κ1) is 10.1. The van der Waals surface area contributed by atoms with Crippen LogP contribution >= 0.6 is 9.24 Å². The summed E-state index contributed by atoms with van der Waals surface area (Å²) in [4.78, 5) is 0. The van der Waals surface area contributed by atoms with E-state index in [1.165, 1.54) is 43.2 Å². The zero-order valence-electron chi connectivity index (χ0n) is 8.50. The van der Waals surface area contributed by atoms with Gasteiger partial charge in [0, 0.05) is 0 Å². The normalized spacial score (nSPS) is 18.4. The summed E-state index contributed by atoms with van der Waals surface area (Å²) in [7, 11) is 2.73. The van der Waals surface area contributed by atoms with Gasteiger partial charge in [0.2, 0.25) is 0 Å². The molecule has 1 nitrogen and oxygen atoms in total. The molecule has 14 heavy (non-hydrogen) atoms. The van der Waals surface area contributed by atoms with Gasteiger partial charge in [0.15, 0.2) is 0 Å². The summed E-state index contributed by atoms with van der Waals surface area (Å²) in [5.41, 5.74) is 1.49. The van der Waals surface area contributed by atoms with E-state index in [9.17, 15) is 0 Å². The van der Waals surface area contributed by atoms with E-state index in [0.29, 0.717) is 0 Å². The molecule has 0 amide bonds. The van der Waals surface area contributed by atoms with Crippen LogP contribution in [0.3, 0.4) is 0 Å². The van der Waals surface area contributed by atoms with Gasteiger partial charge in [-0.1, -0.05) is 24.3 Å². The summed E-state index contributed by atoms with van der Waals surface area (Å²) in [5.74, 6) is 0.895. The first-order valence-corrected chi connectivity index (χ1v) is 5.97. The van der Waals surface area contributed by atoms with Gasteiger partial charge < -0.3 is 5.32 Å². The van der Waals surface area contributed by atoms with Gasteiger partial charge >= 0.3 is 0 Å². The van der Waals surface area contributed by atoms with E-state index in [1.54, 1.807) is 0 Å². The summed E-state index contributed by atoms with van der Waals surface area (Å²) in [6.45, 7) is 2.40. The molecule has 2 heteroatoms. The predicted octanol–water partition coefficient (Wildman–Crippen LogP) is 1.73. The van der Waals surface area contributed by atoms with Gasteiger partial charge in [-0.05, 0) is 49.1 Å². The van der Waals surface area contributed by atoms with Gasteiger partial charge in [0.05, 0.1) is 0 Å². The minimum Gasteiger partial charge on any atom is -0.317 e. The second-order valence-corrected chi connectivity index (χ2v) is 4.81. The van der Waals surface area contributed by atoms with Crippen LogP contribution in [0.5, 0.6) is 0 Å². The van der Waals surface area contributed by atoms with Gasteiger partial charge in [-0.2, -0.15) is 0 Å². The topological polar surface area (TPSA) is 12.0 Å². The third-order valence-corrected chi connectivity index (χ3v) is 3.35. The minimum atomic E-state index is 0.895. The van der Waals surface area contributed by atoms with E-state index in [2.05, 4.69) is 38.8 Å². The van der Waals surface area contributed by atoms with Crippen molar-refractivity contribution in [2.45, 2.75) is 19.3 Å². The third-order valence-electron chi connectivity index (χ3n) is 2.96. The van der Waals surface area contributed by atoms with Crippen molar-refractivity contribution in [2.75, 3.05) is 13.1 Å². The van der Waals surface area contributed by atoms with Crippen molar-refractivity contribution in [1.29, 1.82) is 0 Å². The van der Waals surface area contributed by atoms with Crippen LogP contribution in [0.25, 0.3) is 0 Å². The summed E-state index contributed by atoms with van der Waals surface area (Å²) >= 11 is 0. The van der Waals surface area contributed by atoms with Crippen molar-refractivity contribution in [1.82, 2.24) is 5.32 Å². The van der Waals surface area contributed by atoms with Crippen LogP contribution in [0.15, 0.2) is 24.3 Å². The Balaban J connectivity index is 1.92. The van der Waals surface area contributed by atoms with E-state index in [4.69, 9.17) is 0 Å². The van der Waals surface area contributed by atoms with E-state index < -0.39 is 0 Å². The number of piperidine rings is 1. The molecule has 76 valence electrons. The van der Waals surface area contributed by atoms with Crippen LogP contribution in [0, 0.1) is 5.92 Å². The molecule has 1 fully saturated rings. The van der Waals surface area contributed by atoms with Crippen molar-refractivity contribution < 1.29 is 0 Å². The second-order valence-electron chi connectivity index (χ2n) is 4.14. The highest BCUT2D eigenvalue weighted by Gasteiger charge is 2.12. The molecule has 0 bridgehead atoms. The third kappa shape index (κ3) is 2.80. The maximum absolute atomic E-state index is 3.41. The highest BCUT2D eigenvalue weighted by atomic mass is 31.0. The zero-order valence-corrected chi connectivity index (χ0v) is 9.65. The van der Waals surface area contributed by atoms with E-state index >= 15 is 0 Å². The minimum absolute atomic E-state index is 0.895. The summed E-state index contributed by atoms with van der Waals surface area (Å²) in [5, 5.41) is 4.68. The van der Waals surface area contributed by atoms with Crippen molar-refractivity contribution in [3.63, 3.8) is 0 Å². The molecular weight excluding hydrogens is 189 g/mol. The highest BCUT2D eigenvalue weighted by Crippen LogP contribution is 2.17. The molecule has 1 aliphatic heterocycles. The molecule has 0 radical (unpaired) electrons. The molecule has 0 aromatic heterocycles. The van der Waals surface area contributed by atoms with Crippen molar-refractivity contribution in [2.24, 2.45) is 5.92 Å². The van der Waals surface area contributed by atoms with E-state index in [-0.39, 0.29) is 0 Å². The largest absolute Gasteiger partial charge is 0.317 e. The maximum atomic E-state index is 3.41. The molecule has 2 rings (SSSR count). The monoisotopic (exact) mass is 207 g/mol. The van der Waals surface area contributed by atoms with Gasteiger partial charge in [0.25, 0.3) is 0 Å². The van der Waals surface area contributed by atoms with Crippen LogP contribution < -0.4 is 10.6 Å². The molecule has 1 N–H and O–H groups in total. The van der Waals surface area contributed by atoms with Gasteiger partial charge in [0.1, 0.15) is 0 Å². The first-order valence-electron chi connectivity index (χ1n) is 5.40. The van der Waals surface area contributed by atoms with Crippen LogP contribution in [0.2, 0.25) is 0 Å². The number of rotatable bonds is 2. The fourth-order valence-electron chi connectivity index (χ4n) is 2.07. The Morgan fingerprint density at radius 2 is 1.79 bits per heavy atom. The van der Waals surface area contributed by atoms with Gasteiger partial charge in [-0.25, -0.2) is 0 Å². The quantitative estimate of drug-likeness (QED) is 0.728. The van der Waals surface area contributed by atoms with Crippen molar-refractivity contribution in [3.05, 3.63) is 29.8 Å². The average Bonchev–Trinajstić information content (AvgIpc) is 2.23. The molecule has 0 aliphatic carbocycles.